The van der Waals surface area contributed by atoms with E-state index in [2.05, 4.69) is 9.47 Å². The smallest absolute Gasteiger partial charge is 0.322 e. The Morgan fingerprint density at radius 1 is 1.06 bits per heavy atom. The highest BCUT2D eigenvalue weighted by atomic mass is 16.5. The summed E-state index contributed by atoms with van der Waals surface area (Å²) < 4.78 is 14.4. The molecule has 0 spiro atoms. The molecule has 5 nitrogen and oxygen atoms in total. The number of benzene rings is 1. The number of hydrogen-bond donors (Lipinski definition) is 0. The summed E-state index contributed by atoms with van der Waals surface area (Å²) in [4.78, 5) is 22.7. The molecule has 0 atom stereocenters. The maximum atomic E-state index is 11.4. The highest BCUT2D eigenvalue weighted by Gasteiger charge is 2.28. The minimum atomic E-state index is -1.04. The molecule has 0 radical (unpaired) electrons. The Morgan fingerprint density at radius 2 is 1.61 bits per heavy atom. The van der Waals surface area contributed by atoms with Gasteiger partial charge >= 0.3 is 11.9 Å². The molecule has 0 bridgehead atoms. The summed E-state index contributed by atoms with van der Waals surface area (Å²) in [6.07, 6.45) is 0. The summed E-state index contributed by atoms with van der Waals surface area (Å²) in [5, 5.41) is 0. The van der Waals surface area contributed by atoms with Crippen LogP contribution in [0, 0.1) is 5.92 Å². The number of ether oxygens (including phenoxy) is 3. The van der Waals surface area contributed by atoms with Crippen LogP contribution in [0.25, 0.3) is 0 Å². The first-order valence-corrected chi connectivity index (χ1v) is 5.46. The van der Waals surface area contributed by atoms with Gasteiger partial charge in [0.2, 0.25) is 0 Å². The molecule has 1 aromatic carbocycles. The Morgan fingerprint density at radius 3 is 2.11 bits per heavy atom. The zero-order valence-electron chi connectivity index (χ0n) is 10.4. The van der Waals surface area contributed by atoms with E-state index in [1.807, 2.05) is 30.3 Å². The van der Waals surface area contributed by atoms with E-state index in [1.54, 1.807) is 0 Å². The first kappa shape index (κ1) is 14.2. The summed E-state index contributed by atoms with van der Waals surface area (Å²) in [5.41, 5.74) is 0.964. The van der Waals surface area contributed by atoms with Crippen molar-refractivity contribution in [3.8, 4) is 0 Å². The summed E-state index contributed by atoms with van der Waals surface area (Å²) in [5.74, 6) is -2.35. The summed E-state index contributed by atoms with van der Waals surface area (Å²) in [6, 6.07) is 9.46. The second-order valence-corrected chi connectivity index (χ2v) is 3.60. The van der Waals surface area contributed by atoms with Gasteiger partial charge < -0.3 is 14.2 Å². The molecule has 0 saturated carbocycles. The lowest BCUT2D eigenvalue weighted by Crippen LogP contribution is -2.30. The molecule has 0 saturated heterocycles. The van der Waals surface area contributed by atoms with Crippen LogP contribution in [-0.2, 0) is 30.4 Å². The molecule has 0 aromatic heterocycles. The molecule has 0 aliphatic carbocycles. The average Bonchev–Trinajstić information content (AvgIpc) is 2.43. The Balaban J connectivity index is 2.47. The predicted molar refractivity (Wildman–Crippen MR) is 63.6 cm³/mol. The van der Waals surface area contributed by atoms with Gasteiger partial charge in [0, 0.05) is 0 Å². The van der Waals surface area contributed by atoms with Crippen molar-refractivity contribution in [1.82, 2.24) is 0 Å². The average molecular weight is 252 g/mol. The van der Waals surface area contributed by atoms with Gasteiger partial charge in [-0.3, -0.25) is 9.59 Å². The molecule has 0 N–H and O–H groups in total. The highest BCUT2D eigenvalue weighted by molar-refractivity contribution is 5.94. The van der Waals surface area contributed by atoms with Crippen molar-refractivity contribution in [1.29, 1.82) is 0 Å². The van der Waals surface area contributed by atoms with Gasteiger partial charge in [0.1, 0.15) is 0 Å². The van der Waals surface area contributed by atoms with Crippen molar-refractivity contribution in [3.05, 3.63) is 35.9 Å². The SMILES string of the molecule is COC(=O)C(COCc1ccccc1)C(=O)OC. The minimum absolute atomic E-state index is 0.0613. The topological polar surface area (TPSA) is 61.8 Å². The lowest BCUT2D eigenvalue weighted by Gasteiger charge is -2.12. The predicted octanol–water partition coefficient (Wildman–Crippen LogP) is 1.17. The fourth-order valence-corrected chi connectivity index (χ4v) is 1.39. The third kappa shape index (κ3) is 4.18. The van der Waals surface area contributed by atoms with E-state index >= 15 is 0 Å². The summed E-state index contributed by atoms with van der Waals surface area (Å²) in [6.45, 7) is 0.263. The van der Waals surface area contributed by atoms with Crippen LogP contribution < -0.4 is 0 Å². The van der Waals surface area contributed by atoms with Gasteiger partial charge in [0.05, 0.1) is 27.4 Å². The first-order valence-electron chi connectivity index (χ1n) is 5.46. The van der Waals surface area contributed by atoms with Crippen LogP contribution in [0.3, 0.4) is 0 Å². The minimum Gasteiger partial charge on any atom is -0.468 e. The molecule has 0 unspecified atom stereocenters. The van der Waals surface area contributed by atoms with Gasteiger partial charge in [-0.15, -0.1) is 0 Å². The maximum absolute atomic E-state index is 11.4. The molecule has 5 heteroatoms. The number of esters is 2. The van der Waals surface area contributed by atoms with Crippen molar-refractivity contribution in [3.63, 3.8) is 0 Å². The standard InChI is InChI=1S/C13H16O5/c1-16-12(14)11(13(15)17-2)9-18-8-10-6-4-3-5-7-10/h3-7,11H,8-9H2,1-2H3. The van der Waals surface area contributed by atoms with Crippen molar-refractivity contribution in [2.75, 3.05) is 20.8 Å². The Hall–Kier alpha value is -1.88. The summed E-state index contributed by atoms with van der Waals surface area (Å²) in [7, 11) is 2.44. The van der Waals surface area contributed by atoms with Crippen molar-refractivity contribution in [2.24, 2.45) is 5.92 Å². The van der Waals surface area contributed by atoms with Gasteiger partial charge in [0.15, 0.2) is 5.92 Å². The molecule has 0 heterocycles. The second kappa shape index (κ2) is 7.45. The van der Waals surface area contributed by atoms with E-state index < -0.39 is 17.9 Å². The van der Waals surface area contributed by atoms with Crippen LogP contribution in [0.1, 0.15) is 5.56 Å². The number of carbonyl (C=O) groups is 2. The number of hydrogen-bond acceptors (Lipinski definition) is 5. The Kier molecular flexibility index (Phi) is 5.87. The normalized spacial score (nSPS) is 10.2. The van der Waals surface area contributed by atoms with Crippen molar-refractivity contribution >= 4 is 11.9 Å². The van der Waals surface area contributed by atoms with Crippen LogP contribution in [0.2, 0.25) is 0 Å². The zero-order valence-corrected chi connectivity index (χ0v) is 10.4. The molecule has 1 aromatic rings. The van der Waals surface area contributed by atoms with Crippen LogP contribution in [0.4, 0.5) is 0 Å². The number of methoxy groups -OCH3 is 2. The Labute approximate surface area is 106 Å². The largest absolute Gasteiger partial charge is 0.468 e. The number of rotatable bonds is 6. The van der Waals surface area contributed by atoms with E-state index in [9.17, 15) is 9.59 Å². The van der Waals surface area contributed by atoms with E-state index in [-0.39, 0.29) is 6.61 Å². The molecule has 0 amide bonds. The first-order chi connectivity index (χ1) is 8.69. The van der Waals surface area contributed by atoms with Crippen LogP contribution in [0.5, 0.6) is 0 Å². The van der Waals surface area contributed by atoms with E-state index in [4.69, 9.17) is 4.74 Å². The van der Waals surface area contributed by atoms with Gasteiger partial charge in [-0.05, 0) is 5.56 Å². The van der Waals surface area contributed by atoms with Crippen LogP contribution >= 0.6 is 0 Å². The van der Waals surface area contributed by atoms with Crippen LogP contribution in [0.15, 0.2) is 30.3 Å². The fraction of sp³-hybridized carbons (Fsp3) is 0.385. The fourth-order valence-electron chi connectivity index (χ4n) is 1.39. The van der Waals surface area contributed by atoms with Gasteiger partial charge in [-0.2, -0.15) is 0 Å². The lowest BCUT2D eigenvalue weighted by molar-refractivity contribution is -0.161. The van der Waals surface area contributed by atoms with E-state index in [0.717, 1.165) is 5.56 Å². The maximum Gasteiger partial charge on any atom is 0.322 e. The lowest BCUT2D eigenvalue weighted by atomic mass is 10.1. The number of carbonyl (C=O) groups excluding carboxylic acids is 2. The van der Waals surface area contributed by atoms with E-state index in [1.165, 1.54) is 14.2 Å². The van der Waals surface area contributed by atoms with Gasteiger partial charge in [-0.1, -0.05) is 30.3 Å². The van der Waals surface area contributed by atoms with Crippen molar-refractivity contribution in [2.45, 2.75) is 6.61 Å². The quantitative estimate of drug-likeness (QED) is 0.561. The molecule has 0 aliphatic heterocycles. The third-order valence-electron chi connectivity index (χ3n) is 2.37. The van der Waals surface area contributed by atoms with E-state index in [0.29, 0.717) is 6.61 Å². The molecular formula is C13H16O5. The highest BCUT2D eigenvalue weighted by Crippen LogP contribution is 2.06. The molecular weight excluding hydrogens is 236 g/mol. The molecule has 98 valence electrons. The molecule has 1 rings (SSSR count). The molecule has 0 fully saturated rings. The second-order valence-electron chi connectivity index (χ2n) is 3.60. The van der Waals surface area contributed by atoms with Crippen molar-refractivity contribution < 1.29 is 23.8 Å². The molecule has 18 heavy (non-hydrogen) atoms. The van der Waals surface area contributed by atoms with Gasteiger partial charge in [-0.25, -0.2) is 0 Å². The third-order valence-corrected chi connectivity index (χ3v) is 2.37. The molecule has 0 aliphatic rings. The van der Waals surface area contributed by atoms with Crippen LogP contribution in [-0.4, -0.2) is 32.8 Å². The zero-order chi connectivity index (χ0) is 13.4. The summed E-state index contributed by atoms with van der Waals surface area (Å²) >= 11 is 0. The Bertz CT molecular complexity index is 372. The van der Waals surface area contributed by atoms with Gasteiger partial charge in [0.25, 0.3) is 0 Å². The monoisotopic (exact) mass is 252 g/mol.